The van der Waals surface area contributed by atoms with Gasteiger partial charge >= 0.3 is 6.09 Å². The van der Waals surface area contributed by atoms with Gasteiger partial charge in [-0.15, -0.1) is 0 Å². The first-order valence-corrected chi connectivity index (χ1v) is 13.5. The number of piperidine rings is 1. The summed E-state index contributed by atoms with van der Waals surface area (Å²) in [4.78, 5) is 19.3. The highest BCUT2D eigenvalue weighted by atomic mass is 16.6. The molecule has 5 rings (SSSR count). The molecule has 8 heteroatoms. The lowest BCUT2D eigenvalue weighted by atomic mass is 9.61. The van der Waals surface area contributed by atoms with E-state index in [1.165, 1.54) is 25.1 Å². The van der Waals surface area contributed by atoms with E-state index >= 15 is 0 Å². The number of carbonyl (C=O) groups excluding carboxylic acids is 1. The number of aryl methyl sites for hydroxylation is 1. The fourth-order valence-electron chi connectivity index (χ4n) is 6.83. The molecule has 1 saturated carbocycles. The van der Waals surface area contributed by atoms with Gasteiger partial charge in [-0.3, -0.25) is 9.58 Å². The van der Waals surface area contributed by atoms with Crippen molar-refractivity contribution >= 4 is 11.9 Å². The summed E-state index contributed by atoms with van der Waals surface area (Å²) in [5, 5.41) is 5.13. The molecule has 1 aromatic rings. The van der Waals surface area contributed by atoms with Crippen LogP contribution in [0.1, 0.15) is 72.0 Å². The van der Waals surface area contributed by atoms with Crippen molar-refractivity contribution < 1.29 is 14.3 Å². The first-order chi connectivity index (χ1) is 16.4. The first kappa shape index (κ1) is 24.9. The molecule has 1 aliphatic carbocycles. The molecule has 35 heavy (non-hydrogen) atoms. The molecule has 0 unspecified atom stereocenters. The molecular formula is C27H45N5O3. The molecule has 3 aliphatic heterocycles. The van der Waals surface area contributed by atoms with Crippen molar-refractivity contribution in [2.75, 3.05) is 57.4 Å². The maximum absolute atomic E-state index is 12.3. The van der Waals surface area contributed by atoms with Gasteiger partial charge in [0.15, 0.2) is 5.82 Å². The monoisotopic (exact) mass is 487 g/mol. The number of amides is 1. The molecule has 196 valence electrons. The van der Waals surface area contributed by atoms with Crippen LogP contribution in [-0.2, 0) is 9.47 Å². The fraction of sp³-hybridized carbons (Fsp3) is 0.852. The number of aromatic nitrogens is 2. The lowest BCUT2D eigenvalue weighted by Crippen LogP contribution is -2.64. The number of nitrogens with zero attached hydrogens (tertiary/aromatic N) is 5. The van der Waals surface area contributed by atoms with Crippen LogP contribution in [0.5, 0.6) is 0 Å². The van der Waals surface area contributed by atoms with Crippen molar-refractivity contribution in [2.24, 2.45) is 11.3 Å². The molecule has 1 aromatic heterocycles. The van der Waals surface area contributed by atoms with E-state index in [2.05, 4.69) is 41.3 Å². The van der Waals surface area contributed by atoms with Gasteiger partial charge in [0, 0.05) is 62.0 Å². The Bertz CT molecular complexity index is 916. The van der Waals surface area contributed by atoms with Gasteiger partial charge in [0.05, 0.1) is 19.3 Å². The van der Waals surface area contributed by atoms with Crippen molar-refractivity contribution in [3.05, 3.63) is 11.8 Å². The molecule has 4 fully saturated rings. The Morgan fingerprint density at radius 3 is 2.46 bits per heavy atom. The minimum Gasteiger partial charge on any atom is -0.444 e. The van der Waals surface area contributed by atoms with Gasteiger partial charge in [-0.1, -0.05) is 0 Å². The minimum absolute atomic E-state index is 0.101. The molecule has 3 saturated heterocycles. The molecule has 0 bridgehead atoms. The SMILES string of the molecule is Cc1cc(N2CC[C@@H](CN3CCOCC3)CC2(C)C)nn1C1CC2(C1)CN(C(=O)OC(C)(C)C)C2. The molecule has 0 N–H and O–H groups in total. The zero-order valence-corrected chi connectivity index (χ0v) is 22.7. The summed E-state index contributed by atoms with van der Waals surface area (Å²) in [6.45, 7) is 20.5. The highest BCUT2D eigenvalue weighted by Crippen LogP contribution is 2.54. The number of morpholine rings is 1. The summed E-state index contributed by atoms with van der Waals surface area (Å²) in [5.74, 6) is 1.86. The molecule has 1 amide bonds. The molecule has 0 aromatic carbocycles. The molecular weight excluding hydrogens is 442 g/mol. The van der Waals surface area contributed by atoms with E-state index < -0.39 is 5.60 Å². The second kappa shape index (κ2) is 8.94. The maximum Gasteiger partial charge on any atom is 0.410 e. The summed E-state index contributed by atoms with van der Waals surface area (Å²) in [5.41, 5.74) is 1.17. The number of hydrogen-bond donors (Lipinski definition) is 0. The van der Waals surface area contributed by atoms with E-state index in [4.69, 9.17) is 14.6 Å². The summed E-state index contributed by atoms with van der Waals surface area (Å²) in [7, 11) is 0. The number of rotatable bonds is 4. The van der Waals surface area contributed by atoms with Crippen LogP contribution in [0.3, 0.4) is 0 Å². The van der Waals surface area contributed by atoms with Crippen molar-refractivity contribution in [2.45, 2.75) is 84.4 Å². The van der Waals surface area contributed by atoms with Crippen LogP contribution in [0.25, 0.3) is 0 Å². The van der Waals surface area contributed by atoms with Crippen LogP contribution in [0.15, 0.2) is 6.07 Å². The Balaban J connectivity index is 1.15. The van der Waals surface area contributed by atoms with E-state index in [0.29, 0.717) is 6.04 Å². The predicted molar refractivity (Wildman–Crippen MR) is 137 cm³/mol. The Morgan fingerprint density at radius 1 is 1.14 bits per heavy atom. The van der Waals surface area contributed by atoms with Gasteiger partial charge in [0.25, 0.3) is 0 Å². The zero-order valence-electron chi connectivity index (χ0n) is 22.7. The average Bonchev–Trinajstić information content (AvgIpc) is 3.05. The molecule has 0 radical (unpaired) electrons. The number of likely N-dealkylation sites (tertiary alicyclic amines) is 1. The highest BCUT2D eigenvalue weighted by Gasteiger charge is 2.55. The van der Waals surface area contributed by atoms with Gasteiger partial charge < -0.3 is 19.3 Å². The van der Waals surface area contributed by atoms with Gasteiger partial charge in [-0.25, -0.2) is 4.79 Å². The van der Waals surface area contributed by atoms with E-state index in [1.54, 1.807) is 0 Å². The van der Waals surface area contributed by atoms with Gasteiger partial charge in [0.1, 0.15) is 5.60 Å². The lowest BCUT2D eigenvalue weighted by Gasteiger charge is -2.58. The summed E-state index contributed by atoms with van der Waals surface area (Å²) >= 11 is 0. The van der Waals surface area contributed by atoms with E-state index in [-0.39, 0.29) is 17.0 Å². The molecule has 8 nitrogen and oxygen atoms in total. The third-order valence-electron chi connectivity index (χ3n) is 8.47. The molecule has 1 spiro atoms. The number of carbonyl (C=O) groups is 1. The quantitative estimate of drug-likeness (QED) is 0.638. The number of ether oxygens (including phenoxy) is 2. The predicted octanol–water partition coefficient (Wildman–Crippen LogP) is 4.09. The van der Waals surface area contributed by atoms with Gasteiger partial charge in [-0.05, 0) is 73.1 Å². The maximum atomic E-state index is 12.3. The van der Waals surface area contributed by atoms with Crippen molar-refractivity contribution in [1.29, 1.82) is 0 Å². The second-order valence-corrected chi connectivity index (χ2v) is 13.2. The zero-order chi connectivity index (χ0) is 25.0. The Kier molecular flexibility index (Phi) is 6.36. The standard InChI is InChI=1S/C27H45N5O3/c1-20-13-23(31-8-7-21(14-26(31,5)6)17-29-9-11-34-12-10-29)28-32(20)22-15-27(16-22)18-30(19-27)24(33)35-25(2,3)4/h13,21-22H,7-12,14-19H2,1-6H3/t21-/m1/s1. The summed E-state index contributed by atoms with van der Waals surface area (Å²) < 4.78 is 13.3. The van der Waals surface area contributed by atoms with Crippen molar-refractivity contribution in [3.8, 4) is 0 Å². The first-order valence-electron chi connectivity index (χ1n) is 13.5. The third-order valence-corrected chi connectivity index (χ3v) is 8.47. The van der Waals surface area contributed by atoms with Gasteiger partial charge in [0.2, 0.25) is 0 Å². The molecule has 4 aliphatic rings. The number of hydrogen-bond acceptors (Lipinski definition) is 6. The van der Waals surface area contributed by atoms with Crippen molar-refractivity contribution in [1.82, 2.24) is 19.6 Å². The van der Waals surface area contributed by atoms with Crippen LogP contribution in [-0.4, -0.2) is 89.3 Å². The Labute approximate surface area is 210 Å². The van der Waals surface area contributed by atoms with Crippen LogP contribution in [0.2, 0.25) is 0 Å². The largest absolute Gasteiger partial charge is 0.444 e. The Morgan fingerprint density at radius 2 is 1.83 bits per heavy atom. The lowest BCUT2D eigenvalue weighted by molar-refractivity contribution is -0.0930. The topological polar surface area (TPSA) is 63.1 Å². The Hall–Kier alpha value is -1.80. The highest BCUT2D eigenvalue weighted by molar-refractivity contribution is 5.69. The van der Waals surface area contributed by atoms with E-state index in [0.717, 1.165) is 70.5 Å². The van der Waals surface area contributed by atoms with Crippen LogP contribution < -0.4 is 4.90 Å². The second-order valence-electron chi connectivity index (χ2n) is 13.2. The minimum atomic E-state index is -0.435. The fourth-order valence-corrected chi connectivity index (χ4v) is 6.83. The molecule has 4 heterocycles. The van der Waals surface area contributed by atoms with Crippen LogP contribution >= 0.6 is 0 Å². The van der Waals surface area contributed by atoms with Crippen LogP contribution in [0.4, 0.5) is 10.6 Å². The smallest absolute Gasteiger partial charge is 0.410 e. The summed E-state index contributed by atoms with van der Waals surface area (Å²) in [6.07, 6.45) is 4.44. The van der Waals surface area contributed by atoms with Gasteiger partial charge in [-0.2, -0.15) is 5.10 Å². The van der Waals surface area contributed by atoms with Crippen LogP contribution in [0, 0.1) is 18.3 Å². The third kappa shape index (κ3) is 5.19. The molecule has 1 atom stereocenters. The van der Waals surface area contributed by atoms with Crippen molar-refractivity contribution in [3.63, 3.8) is 0 Å². The normalized spacial score (nSPS) is 27.0. The average molecular weight is 488 g/mol. The number of anilines is 1. The van der Waals surface area contributed by atoms with E-state index in [1.807, 2.05) is 25.7 Å². The summed E-state index contributed by atoms with van der Waals surface area (Å²) in [6, 6.07) is 2.72. The van der Waals surface area contributed by atoms with E-state index in [9.17, 15) is 4.79 Å².